The Labute approximate surface area is 74.3 Å². The van der Waals surface area contributed by atoms with E-state index >= 15 is 0 Å². The molecule has 0 bridgehead atoms. The van der Waals surface area contributed by atoms with Gasteiger partial charge in [0.1, 0.15) is 6.23 Å². The van der Waals surface area contributed by atoms with Gasteiger partial charge in [0.2, 0.25) is 0 Å². The third-order valence-corrected chi connectivity index (χ3v) is 2.10. The van der Waals surface area contributed by atoms with E-state index in [1.165, 1.54) is 0 Å². The van der Waals surface area contributed by atoms with Crippen molar-refractivity contribution in [2.45, 2.75) is 33.1 Å². The van der Waals surface area contributed by atoms with E-state index < -0.39 is 0 Å². The largest absolute Gasteiger partial charge is 0.392 e. The van der Waals surface area contributed by atoms with Crippen LogP contribution in [0.1, 0.15) is 20.8 Å². The van der Waals surface area contributed by atoms with Crippen LogP contribution in [0, 0.1) is 5.92 Å². The molecule has 0 saturated carbocycles. The van der Waals surface area contributed by atoms with Gasteiger partial charge in [-0.1, -0.05) is 13.8 Å². The van der Waals surface area contributed by atoms with Crippen molar-refractivity contribution >= 4 is 0 Å². The number of ether oxygens (including phenoxy) is 1. The van der Waals surface area contributed by atoms with E-state index in [2.05, 4.69) is 18.7 Å². The van der Waals surface area contributed by atoms with Gasteiger partial charge in [-0.3, -0.25) is 4.90 Å². The van der Waals surface area contributed by atoms with Gasteiger partial charge in [-0.05, 0) is 12.8 Å². The van der Waals surface area contributed by atoms with E-state index in [1.807, 2.05) is 6.92 Å². The van der Waals surface area contributed by atoms with Crippen LogP contribution in [0.2, 0.25) is 0 Å². The Morgan fingerprint density at radius 1 is 1.50 bits per heavy atom. The van der Waals surface area contributed by atoms with Gasteiger partial charge in [0.25, 0.3) is 0 Å². The van der Waals surface area contributed by atoms with Crippen LogP contribution in [-0.2, 0) is 4.74 Å². The van der Waals surface area contributed by atoms with Crippen LogP contribution in [-0.4, -0.2) is 42.0 Å². The van der Waals surface area contributed by atoms with Gasteiger partial charge in [0.05, 0.1) is 12.7 Å². The Morgan fingerprint density at radius 2 is 2.17 bits per heavy atom. The number of hydrogen-bond donors (Lipinski definition) is 1. The maximum absolute atomic E-state index is 9.22. The zero-order valence-electron chi connectivity index (χ0n) is 8.16. The minimum atomic E-state index is -0.257. The summed E-state index contributed by atoms with van der Waals surface area (Å²) >= 11 is 0. The molecule has 0 spiro atoms. The lowest BCUT2D eigenvalue weighted by Gasteiger charge is -2.26. The van der Waals surface area contributed by atoms with Gasteiger partial charge in [-0.2, -0.15) is 0 Å². The van der Waals surface area contributed by atoms with E-state index in [0.29, 0.717) is 5.92 Å². The predicted octanol–water partition coefficient (Wildman–Crippen LogP) is 0.681. The molecule has 2 unspecified atom stereocenters. The summed E-state index contributed by atoms with van der Waals surface area (Å²) in [5.41, 5.74) is 0. The molecule has 0 amide bonds. The predicted molar refractivity (Wildman–Crippen MR) is 47.8 cm³/mol. The Morgan fingerprint density at radius 3 is 2.67 bits per heavy atom. The summed E-state index contributed by atoms with van der Waals surface area (Å²) in [7, 11) is 0. The molecule has 1 N–H and O–H groups in total. The van der Waals surface area contributed by atoms with E-state index in [4.69, 9.17) is 4.74 Å². The van der Waals surface area contributed by atoms with Crippen molar-refractivity contribution in [1.29, 1.82) is 0 Å². The van der Waals surface area contributed by atoms with E-state index in [-0.39, 0.29) is 12.3 Å². The summed E-state index contributed by atoms with van der Waals surface area (Å²) in [6.45, 7) is 8.58. The van der Waals surface area contributed by atoms with Crippen molar-refractivity contribution in [2.24, 2.45) is 5.92 Å². The normalized spacial score (nSPS) is 28.2. The van der Waals surface area contributed by atoms with Gasteiger partial charge < -0.3 is 9.84 Å². The first-order valence-electron chi connectivity index (χ1n) is 4.65. The quantitative estimate of drug-likeness (QED) is 0.681. The molecular weight excluding hydrogens is 154 g/mol. The Balaban J connectivity index is 2.41. The molecule has 72 valence electrons. The van der Waals surface area contributed by atoms with Crippen molar-refractivity contribution in [1.82, 2.24) is 4.90 Å². The van der Waals surface area contributed by atoms with E-state index in [0.717, 1.165) is 19.7 Å². The highest BCUT2D eigenvalue weighted by atomic mass is 16.5. The zero-order chi connectivity index (χ0) is 9.14. The molecule has 0 radical (unpaired) electrons. The fraction of sp³-hybridized carbons (Fsp3) is 1.00. The minimum absolute atomic E-state index is 0.208. The molecule has 1 aliphatic rings. The van der Waals surface area contributed by atoms with Crippen molar-refractivity contribution in [2.75, 3.05) is 19.7 Å². The number of nitrogens with zero attached hydrogens (tertiary/aromatic N) is 1. The molecule has 3 heteroatoms. The van der Waals surface area contributed by atoms with Crippen LogP contribution in [0.15, 0.2) is 0 Å². The van der Waals surface area contributed by atoms with E-state index in [1.54, 1.807) is 0 Å². The van der Waals surface area contributed by atoms with Crippen LogP contribution in [0.5, 0.6) is 0 Å². The smallest absolute Gasteiger partial charge is 0.113 e. The molecule has 1 aliphatic heterocycles. The molecule has 1 fully saturated rings. The highest BCUT2D eigenvalue weighted by Crippen LogP contribution is 2.17. The molecule has 12 heavy (non-hydrogen) atoms. The number of rotatable bonds is 3. The van der Waals surface area contributed by atoms with Crippen LogP contribution in [0.25, 0.3) is 0 Å². The molecule has 2 atom stereocenters. The molecule has 0 aromatic heterocycles. The number of β-amino-alcohol motifs (C(OH)–C–C–N with tert-alkyl or cyclic N) is 1. The zero-order valence-corrected chi connectivity index (χ0v) is 8.16. The fourth-order valence-electron chi connectivity index (χ4n) is 1.67. The van der Waals surface area contributed by atoms with Gasteiger partial charge >= 0.3 is 0 Å². The van der Waals surface area contributed by atoms with Crippen LogP contribution < -0.4 is 0 Å². The van der Waals surface area contributed by atoms with Crippen LogP contribution >= 0.6 is 0 Å². The Kier molecular flexibility index (Phi) is 3.50. The van der Waals surface area contributed by atoms with Crippen molar-refractivity contribution in [3.05, 3.63) is 0 Å². The highest BCUT2D eigenvalue weighted by Gasteiger charge is 2.28. The highest BCUT2D eigenvalue weighted by molar-refractivity contribution is 4.73. The second kappa shape index (κ2) is 4.21. The van der Waals surface area contributed by atoms with Gasteiger partial charge in [0.15, 0.2) is 0 Å². The third-order valence-electron chi connectivity index (χ3n) is 2.10. The second-order valence-corrected chi connectivity index (χ2v) is 3.85. The monoisotopic (exact) mass is 173 g/mol. The molecule has 1 rings (SSSR count). The van der Waals surface area contributed by atoms with Gasteiger partial charge in [-0.15, -0.1) is 0 Å². The molecule has 0 aromatic carbocycles. The fourth-order valence-corrected chi connectivity index (χ4v) is 1.67. The topological polar surface area (TPSA) is 32.7 Å². The third kappa shape index (κ3) is 2.44. The minimum Gasteiger partial charge on any atom is -0.392 e. The molecule has 3 nitrogen and oxygen atoms in total. The lowest BCUT2D eigenvalue weighted by molar-refractivity contribution is -0.0167. The maximum atomic E-state index is 9.22. The van der Waals surface area contributed by atoms with Crippen molar-refractivity contribution in [3.8, 4) is 0 Å². The maximum Gasteiger partial charge on any atom is 0.113 e. The summed E-state index contributed by atoms with van der Waals surface area (Å²) in [5, 5.41) is 9.22. The van der Waals surface area contributed by atoms with Crippen LogP contribution in [0.3, 0.4) is 0 Å². The molecule has 0 aromatic rings. The number of hydrogen-bond acceptors (Lipinski definition) is 3. The Bertz CT molecular complexity index is 136. The lowest BCUT2D eigenvalue weighted by Crippen LogP contribution is -2.38. The Hall–Kier alpha value is -0.120. The van der Waals surface area contributed by atoms with Gasteiger partial charge in [0, 0.05) is 13.1 Å². The van der Waals surface area contributed by atoms with Crippen molar-refractivity contribution in [3.63, 3.8) is 0 Å². The average molecular weight is 173 g/mol. The summed E-state index contributed by atoms with van der Waals surface area (Å²) in [5.74, 6) is 0.506. The first-order valence-corrected chi connectivity index (χ1v) is 4.65. The molecule has 1 saturated heterocycles. The number of aliphatic hydroxyl groups excluding tert-OH is 1. The van der Waals surface area contributed by atoms with E-state index in [9.17, 15) is 5.11 Å². The summed E-state index contributed by atoms with van der Waals surface area (Å²) in [6.07, 6.45) is -0.0486. The summed E-state index contributed by atoms with van der Waals surface area (Å²) in [4.78, 5) is 2.20. The van der Waals surface area contributed by atoms with Crippen molar-refractivity contribution < 1.29 is 9.84 Å². The van der Waals surface area contributed by atoms with Gasteiger partial charge in [-0.25, -0.2) is 0 Å². The SMILES string of the molecule is CC(O)CN1CCOC1C(C)C. The first kappa shape index (κ1) is 9.96. The summed E-state index contributed by atoms with van der Waals surface area (Å²) < 4.78 is 5.54. The first-order chi connectivity index (χ1) is 5.61. The average Bonchev–Trinajstić information content (AvgIpc) is 2.33. The second-order valence-electron chi connectivity index (χ2n) is 3.85. The standard InChI is InChI=1S/C9H19NO2/c1-7(2)9-10(4-5-12-9)6-8(3)11/h7-9,11H,4-6H2,1-3H3. The molecular formula is C9H19NO2. The van der Waals surface area contributed by atoms with Crippen LogP contribution in [0.4, 0.5) is 0 Å². The molecule has 0 aliphatic carbocycles. The molecule has 1 heterocycles. The lowest BCUT2D eigenvalue weighted by atomic mass is 10.1. The number of aliphatic hydroxyl groups is 1. The summed E-state index contributed by atoms with van der Waals surface area (Å²) in [6, 6.07) is 0.